The highest BCUT2D eigenvalue weighted by atomic mass is 16.1. The summed E-state index contributed by atoms with van der Waals surface area (Å²) in [6.07, 6.45) is 8.29. The van der Waals surface area contributed by atoms with E-state index in [0.29, 0.717) is 6.42 Å². The third-order valence-corrected chi connectivity index (χ3v) is 3.09. The van der Waals surface area contributed by atoms with E-state index in [2.05, 4.69) is 18.2 Å². The molecule has 0 amide bonds. The zero-order valence-corrected chi connectivity index (χ0v) is 8.23. The van der Waals surface area contributed by atoms with Gasteiger partial charge in [-0.15, -0.1) is 6.42 Å². The Hall–Kier alpha value is -0.810. The van der Waals surface area contributed by atoms with Gasteiger partial charge in [0.25, 0.3) is 0 Å². The lowest BCUT2D eigenvalue weighted by Gasteiger charge is -2.34. The van der Waals surface area contributed by atoms with E-state index in [0.717, 1.165) is 32.4 Å². The van der Waals surface area contributed by atoms with Gasteiger partial charge in [0.15, 0.2) is 5.78 Å². The van der Waals surface area contributed by atoms with E-state index in [1.165, 1.54) is 0 Å². The first-order valence-electron chi connectivity index (χ1n) is 4.92. The van der Waals surface area contributed by atoms with Crippen LogP contribution in [0, 0.1) is 17.8 Å². The van der Waals surface area contributed by atoms with E-state index < -0.39 is 0 Å². The first-order chi connectivity index (χ1) is 6.25. The highest BCUT2D eigenvalue weighted by Gasteiger charge is 2.36. The maximum atomic E-state index is 11.8. The minimum absolute atomic E-state index is 0.113. The summed E-state index contributed by atoms with van der Waals surface area (Å²) in [5.74, 6) is 2.72. The van der Waals surface area contributed by atoms with Crippen LogP contribution in [-0.4, -0.2) is 18.9 Å². The van der Waals surface area contributed by atoms with Crippen LogP contribution in [0.15, 0.2) is 0 Å². The summed E-state index contributed by atoms with van der Waals surface area (Å²) in [5, 5.41) is 3.27. The van der Waals surface area contributed by atoms with Crippen molar-refractivity contribution in [3.63, 3.8) is 0 Å². The Morgan fingerprint density at radius 3 is 2.62 bits per heavy atom. The molecule has 1 aliphatic heterocycles. The monoisotopic (exact) mass is 179 g/mol. The van der Waals surface area contributed by atoms with Crippen LogP contribution in [0.1, 0.15) is 32.6 Å². The van der Waals surface area contributed by atoms with Gasteiger partial charge >= 0.3 is 0 Å². The summed E-state index contributed by atoms with van der Waals surface area (Å²) in [7, 11) is 0. The van der Waals surface area contributed by atoms with Gasteiger partial charge in [-0.05, 0) is 32.4 Å². The number of Topliss-reactive ketones (excluding diaryl/α,β-unsaturated/α-hetero) is 1. The fourth-order valence-electron chi connectivity index (χ4n) is 2.02. The summed E-state index contributed by atoms with van der Waals surface area (Å²) in [6.45, 7) is 3.98. The fourth-order valence-corrected chi connectivity index (χ4v) is 2.02. The number of nitrogens with one attached hydrogen (secondary N) is 1. The third kappa shape index (κ3) is 2.10. The topological polar surface area (TPSA) is 29.1 Å². The molecule has 0 saturated carbocycles. The molecule has 0 unspecified atom stereocenters. The van der Waals surface area contributed by atoms with Crippen LogP contribution >= 0.6 is 0 Å². The van der Waals surface area contributed by atoms with Crippen LogP contribution in [0.25, 0.3) is 0 Å². The van der Waals surface area contributed by atoms with Crippen molar-refractivity contribution in [1.82, 2.24) is 5.32 Å². The Morgan fingerprint density at radius 2 is 2.15 bits per heavy atom. The lowest BCUT2D eigenvalue weighted by molar-refractivity contribution is -0.129. The number of carbonyl (C=O) groups excluding carboxylic acids is 1. The number of terminal acetylenes is 1. The lowest BCUT2D eigenvalue weighted by atomic mass is 9.72. The maximum Gasteiger partial charge on any atom is 0.150 e. The van der Waals surface area contributed by atoms with Crippen molar-refractivity contribution in [2.24, 2.45) is 5.41 Å². The Kier molecular flexibility index (Phi) is 3.50. The number of carbonyl (C=O) groups is 1. The SMILES string of the molecule is C#CCC(=O)C1(CC)CCNCC1. The zero-order valence-electron chi connectivity index (χ0n) is 8.23. The second-order valence-corrected chi connectivity index (χ2v) is 3.69. The van der Waals surface area contributed by atoms with E-state index in [1.807, 2.05) is 0 Å². The molecule has 0 aromatic carbocycles. The van der Waals surface area contributed by atoms with Crippen molar-refractivity contribution >= 4 is 5.78 Å². The fraction of sp³-hybridized carbons (Fsp3) is 0.727. The molecule has 1 saturated heterocycles. The molecule has 72 valence electrons. The van der Waals surface area contributed by atoms with E-state index in [9.17, 15) is 4.79 Å². The van der Waals surface area contributed by atoms with Crippen LogP contribution in [0.4, 0.5) is 0 Å². The Morgan fingerprint density at radius 1 is 1.54 bits per heavy atom. The minimum Gasteiger partial charge on any atom is -0.317 e. The summed E-state index contributed by atoms with van der Waals surface area (Å²) in [4.78, 5) is 11.8. The smallest absolute Gasteiger partial charge is 0.150 e. The molecule has 0 atom stereocenters. The molecular weight excluding hydrogens is 162 g/mol. The second-order valence-electron chi connectivity index (χ2n) is 3.69. The van der Waals surface area contributed by atoms with Gasteiger partial charge in [-0.1, -0.05) is 12.8 Å². The van der Waals surface area contributed by atoms with E-state index in [-0.39, 0.29) is 11.2 Å². The summed E-state index contributed by atoms with van der Waals surface area (Å²) in [5.41, 5.74) is -0.113. The van der Waals surface area contributed by atoms with Crippen molar-refractivity contribution in [1.29, 1.82) is 0 Å². The van der Waals surface area contributed by atoms with Gasteiger partial charge in [0.2, 0.25) is 0 Å². The average molecular weight is 179 g/mol. The second kappa shape index (κ2) is 4.43. The molecule has 1 aliphatic rings. The number of hydrogen-bond acceptors (Lipinski definition) is 2. The maximum absolute atomic E-state index is 11.8. The van der Waals surface area contributed by atoms with Gasteiger partial charge in [-0.2, -0.15) is 0 Å². The van der Waals surface area contributed by atoms with Crippen molar-refractivity contribution in [3.8, 4) is 12.3 Å². The van der Waals surface area contributed by atoms with Gasteiger partial charge in [0, 0.05) is 5.41 Å². The van der Waals surface area contributed by atoms with Crippen LogP contribution in [0.3, 0.4) is 0 Å². The molecule has 1 heterocycles. The van der Waals surface area contributed by atoms with Crippen LogP contribution in [0.5, 0.6) is 0 Å². The molecule has 1 rings (SSSR count). The van der Waals surface area contributed by atoms with E-state index in [4.69, 9.17) is 6.42 Å². The molecule has 0 aliphatic carbocycles. The van der Waals surface area contributed by atoms with Crippen molar-refractivity contribution in [2.75, 3.05) is 13.1 Å². The number of rotatable bonds is 3. The average Bonchev–Trinajstić information content (AvgIpc) is 2.19. The van der Waals surface area contributed by atoms with Crippen molar-refractivity contribution in [3.05, 3.63) is 0 Å². The van der Waals surface area contributed by atoms with Gasteiger partial charge in [-0.3, -0.25) is 4.79 Å². The number of piperidine rings is 1. The number of hydrogen-bond donors (Lipinski definition) is 1. The normalized spacial score (nSPS) is 20.6. The summed E-state index contributed by atoms with van der Waals surface area (Å²) in [6, 6.07) is 0. The Labute approximate surface area is 80.1 Å². The zero-order chi connectivity index (χ0) is 9.73. The van der Waals surface area contributed by atoms with E-state index in [1.54, 1.807) is 0 Å². The molecule has 2 heteroatoms. The minimum atomic E-state index is -0.113. The van der Waals surface area contributed by atoms with Crippen LogP contribution in [-0.2, 0) is 4.79 Å². The predicted octanol–water partition coefficient (Wildman–Crippen LogP) is 1.36. The van der Waals surface area contributed by atoms with Gasteiger partial charge < -0.3 is 5.32 Å². The van der Waals surface area contributed by atoms with Crippen molar-refractivity contribution in [2.45, 2.75) is 32.6 Å². The molecule has 0 aromatic heterocycles. The molecule has 0 bridgehead atoms. The third-order valence-electron chi connectivity index (χ3n) is 3.09. The Balaban J connectivity index is 2.67. The highest BCUT2D eigenvalue weighted by Crippen LogP contribution is 2.34. The van der Waals surface area contributed by atoms with E-state index >= 15 is 0 Å². The van der Waals surface area contributed by atoms with Gasteiger partial charge in [0.1, 0.15) is 0 Å². The lowest BCUT2D eigenvalue weighted by Crippen LogP contribution is -2.41. The van der Waals surface area contributed by atoms with Gasteiger partial charge in [-0.25, -0.2) is 0 Å². The highest BCUT2D eigenvalue weighted by molar-refractivity contribution is 5.86. The Bertz CT molecular complexity index is 221. The molecular formula is C11H17NO. The van der Waals surface area contributed by atoms with Crippen molar-refractivity contribution < 1.29 is 4.79 Å². The van der Waals surface area contributed by atoms with Gasteiger partial charge in [0.05, 0.1) is 6.42 Å². The molecule has 13 heavy (non-hydrogen) atoms. The summed E-state index contributed by atoms with van der Waals surface area (Å²) < 4.78 is 0. The molecule has 0 spiro atoms. The molecule has 1 N–H and O–H groups in total. The number of ketones is 1. The summed E-state index contributed by atoms with van der Waals surface area (Å²) >= 11 is 0. The first kappa shape index (κ1) is 10.3. The largest absolute Gasteiger partial charge is 0.317 e. The molecule has 1 fully saturated rings. The molecule has 2 nitrogen and oxygen atoms in total. The van der Waals surface area contributed by atoms with Crippen LogP contribution < -0.4 is 5.32 Å². The first-order valence-corrected chi connectivity index (χ1v) is 4.92. The molecule has 0 radical (unpaired) electrons. The quantitative estimate of drug-likeness (QED) is 0.663. The molecule has 0 aromatic rings. The predicted molar refractivity (Wildman–Crippen MR) is 53.3 cm³/mol. The standard InChI is InChI=1S/C11H17NO/c1-3-5-10(13)11(4-2)6-8-12-9-7-11/h1,12H,4-9H2,2H3. The van der Waals surface area contributed by atoms with Crippen LogP contribution in [0.2, 0.25) is 0 Å².